The van der Waals surface area contributed by atoms with Gasteiger partial charge >= 0.3 is 7.60 Å². The summed E-state index contributed by atoms with van der Waals surface area (Å²) in [4.78, 5) is 0. The molecule has 5 heteroatoms. The van der Waals surface area contributed by atoms with Gasteiger partial charge in [-0.25, -0.2) is 0 Å². The lowest BCUT2D eigenvalue weighted by molar-refractivity contribution is 0.121. The molecule has 0 saturated carbocycles. The molecular formula is C10H19O4P. The van der Waals surface area contributed by atoms with E-state index in [0.717, 1.165) is 0 Å². The Morgan fingerprint density at radius 1 is 1.27 bits per heavy atom. The average Bonchev–Trinajstić information content (AvgIpc) is 2.15. The van der Waals surface area contributed by atoms with Gasteiger partial charge in [0.25, 0.3) is 0 Å². The fourth-order valence-electron chi connectivity index (χ4n) is 0.953. The first-order chi connectivity index (χ1) is 6.93. The first-order valence-corrected chi connectivity index (χ1v) is 6.59. The summed E-state index contributed by atoms with van der Waals surface area (Å²) in [7, 11) is -3.57. The third-order valence-corrected chi connectivity index (χ3v) is 4.01. The second-order valence-corrected chi connectivity index (χ2v) is 5.39. The van der Waals surface area contributed by atoms with E-state index in [4.69, 9.17) is 9.05 Å². The zero-order chi connectivity index (χ0) is 11.9. The SMILES string of the molecule is CCC#CC(C)(O)P(=O)(OCC)OCC. The molecule has 88 valence electrons. The van der Waals surface area contributed by atoms with Crippen LogP contribution < -0.4 is 0 Å². The maximum absolute atomic E-state index is 12.1. The second kappa shape index (κ2) is 6.30. The Morgan fingerprint density at radius 3 is 2.07 bits per heavy atom. The molecule has 0 aliphatic carbocycles. The zero-order valence-corrected chi connectivity index (χ0v) is 10.6. The highest BCUT2D eigenvalue weighted by atomic mass is 31.2. The van der Waals surface area contributed by atoms with Crippen LogP contribution in [0.2, 0.25) is 0 Å². The van der Waals surface area contributed by atoms with Crippen LogP contribution in [0.25, 0.3) is 0 Å². The quantitative estimate of drug-likeness (QED) is 0.586. The fraction of sp³-hybridized carbons (Fsp3) is 0.800. The molecule has 0 aromatic rings. The van der Waals surface area contributed by atoms with E-state index in [1.54, 1.807) is 13.8 Å². The molecule has 1 unspecified atom stereocenters. The highest BCUT2D eigenvalue weighted by molar-refractivity contribution is 7.55. The Morgan fingerprint density at radius 2 is 1.73 bits per heavy atom. The first kappa shape index (κ1) is 14.7. The van der Waals surface area contributed by atoms with Crippen molar-refractivity contribution in [1.29, 1.82) is 0 Å². The molecule has 4 nitrogen and oxygen atoms in total. The van der Waals surface area contributed by atoms with Crippen LogP contribution in [0.15, 0.2) is 0 Å². The highest BCUT2D eigenvalue weighted by Gasteiger charge is 2.44. The van der Waals surface area contributed by atoms with Crippen LogP contribution in [-0.4, -0.2) is 23.7 Å². The second-order valence-electron chi connectivity index (χ2n) is 3.01. The molecule has 1 atom stereocenters. The summed E-state index contributed by atoms with van der Waals surface area (Å²) in [5.41, 5.74) is 0. The summed E-state index contributed by atoms with van der Waals surface area (Å²) >= 11 is 0. The molecule has 0 amide bonds. The van der Waals surface area contributed by atoms with Gasteiger partial charge in [0.15, 0.2) is 0 Å². The molecule has 0 aromatic heterocycles. The van der Waals surface area contributed by atoms with Crippen molar-refractivity contribution >= 4 is 7.60 Å². The minimum Gasteiger partial charge on any atom is -0.368 e. The van der Waals surface area contributed by atoms with E-state index in [2.05, 4.69) is 11.8 Å². The van der Waals surface area contributed by atoms with Crippen LogP contribution >= 0.6 is 7.60 Å². The maximum atomic E-state index is 12.1. The molecule has 0 spiro atoms. The van der Waals surface area contributed by atoms with E-state index >= 15 is 0 Å². The van der Waals surface area contributed by atoms with Gasteiger partial charge in [0, 0.05) is 6.42 Å². The molecule has 0 aromatic carbocycles. The van der Waals surface area contributed by atoms with Crippen LogP contribution in [0.1, 0.15) is 34.1 Å². The average molecular weight is 234 g/mol. The lowest BCUT2D eigenvalue weighted by Gasteiger charge is -2.26. The van der Waals surface area contributed by atoms with Gasteiger partial charge in [-0.2, -0.15) is 0 Å². The molecule has 0 fully saturated rings. The third-order valence-electron chi connectivity index (χ3n) is 1.63. The van der Waals surface area contributed by atoms with Crippen molar-refractivity contribution in [3.63, 3.8) is 0 Å². The maximum Gasteiger partial charge on any atom is 0.374 e. The minimum atomic E-state index is -3.57. The monoisotopic (exact) mass is 234 g/mol. The number of rotatable bonds is 5. The van der Waals surface area contributed by atoms with Gasteiger partial charge in [-0.05, 0) is 20.8 Å². The molecule has 0 rings (SSSR count). The van der Waals surface area contributed by atoms with Crippen molar-refractivity contribution in [2.24, 2.45) is 0 Å². The third kappa shape index (κ3) is 3.96. The predicted molar refractivity (Wildman–Crippen MR) is 59.5 cm³/mol. The van der Waals surface area contributed by atoms with Gasteiger partial charge in [-0.15, -0.1) is 0 Å². The molecule has 0 heterocycles. The van der Waals surface area contributed by atoms with E-state index in [1.165, 1.54) is 6.92 Å². The molecule has 0 saturated heterocycles. The summed E-state index contributed by atoms with van der Waals surface area (Å²) in [5, 5.41) is 8.20. The van der Waals surface area contributed by atoms with E-state index < -0.39 is 12.9 Å². The number of hydrogen-bond donors (Lipinski definition) is 1. The molecule has 0 aliphatic rings. The molecule has 0 bridgehead atoms. The summed E-state index contributed by atoms with van der Waals surface area (Å²) in [5.74, 6) is 5.19. The fourth-order valence-corrected chi connectivity index (χ4v) is 2.43. The summed E-state index contributed by atoms with van der Waals surface area (Å²) < 4.78 is 22.2. The van der Waals surface area contributed by atoms with Crippen LogP contribution in [0.5, 0.6) is 0 Å². The lowest BCUT2D eigenvalue weighted by atomic mass is 10.3. The van der Waals surface area contributed by atoms with Crippen LogP contribution in [0.3, 0.4) is 0 Å². The van der Waals surface area contributed by atoms with Crippen LogP contribution in [0, 0.1) is 11.8 Å². The van der Waals surface area contributed by atoms with Gasteiger partial charge in [0.2, 0.25) is 5.34 Å². The Kier molecular flexibility index (Phi) is 6.16. The minimum absolute atomic E-state index is 0.210. The Labute approximate surface area is 91.5 Å². The smallest absolute Gasteiger partial charge is 0.368 e. The molecule has 15 heavy (non-hydrogen) atoms. The highest BCUT2D eigenvalue weighted by Crippen LogP contribution is 2.58. The number of aliphatic hydroxyl groups is 1. The normalized spacial score (nSPS) is 15.3. The van der Waals surface area contributed by atoms with Gasteiger partial charge < -0.3 is 14.2 Å². The van der Waals surface area contributed by atoms with Crippen molar-refractivity contribution < 1.29 is 18.7 Å². The van der Waals surface area contributed by atoms with Crippen LogP contribution in [0.4, 0.5) is 0 Å². The Balaban J connectivity index is 4.96. The molecular weight excluding hydrogens is 215 g/mol. The van der Waals surface area contributed by atoms with E-state index in [-0.39, 0.29) is 13.2 Å². The summed E-state index contributed by atoms with van der Waals surface area (Å²) in [6.07, 6.45) is 0.578. The standard InChI is InChI=1S/C10H19O4P/c1-5-8-9-10(4,11)15(12,13-6-2)14-7-3/h11H,5-7H2,1-4H3. The van der Waals surface area contributed by atoms with E-state index in [1.807, 2.05) is 6.92 Å². The molecule has 1 N–H and O–H groups in total. The summed E-state index contributed by atoms with van der Waals surface area (Å²) in [6.45, 7) is 6.99. The predicted octanol–water partition coefficient (Wildman–Crippen LogP) is 2.37. The lowest BCUT2D eigenvalue weighted by Crippen LogP contribution is -2.25. The Bertz CT molecular complexity index is 278. The Hall–Kier alpha value is -0.330. The van der Waals surface area contributed by atoms with Crippen molar-refractivity contribution in [3.8, 4) is 11.8 Å². The van der Waals surface area contributed by atoms with Crippen molar-refractivity contribution in [3.05, 3.63) is 0 Å². The van der Waals surface area contributed by atoms with Gasteiger partial charge in [-0.1, -0.05) is 18.8 Å². The zero-order valence-electron chi connectivity index (χ0n) is 9.74. The van der Waals surface area contributed by atoms with Crippen molar-refractivity contribution in [2.45, 2.75) is 39.5 Å². The summed E-state index contributed by atoms with van der Waals surface area (Å²) in [6, 6.07) is 0. The van der Waals surface area contributed by atoms with E-state index in [0.29, 0.717) is 6.42 Å². The van der Waals surface area contributed by atoms with Gasteiger partial charge in [-0.3, -0.25) is 4.57 Å². The molecule has 0 radical (unpaired) electrons. The van der Waals surface area contributed by atoms with Crippen molar-refractivity contribution in [1.82, 2.24) is 0 Å². The number of hydrogen-bond acceptors (Lipinski definition) is 4. The molecule has 0 aliphatic heterocycles. The van der Waals surface area contributed by atoms with E-state index in [9.17, 15) is 9.67 Å². The first-order valence-electron chi connectivity index (χ1n) is 5.05. The van der Waals surface area contributed by atoms with Gasteiger partial charge in [0.1, 0.15) is 0 Å². The topological polar surface area (TPSA) is 55.8 Å². The van der Waals surface area contributed by atoms with Gasteiger partial charge in [0.05, 0.1) is 13.2 Å². The van der Waals surface area contributed by atoms with Crippen LogP contribution in [-0.2, 0) is 13.6 Å². The van der Waals surface area contributed by atoms with Crippen molar-refractivity contribution in [2.75, 3.05) is 13.2 Å². The largest absolute Gasteiger partial charge is 0.374 e.